The highest BCUT2D eigenvalue weighted by Crippen LogP contribution is 2.09. The van der Waals surface area contributed by atoms with Crippen molar-refractivity contribution in [1.82, 2.24) is 10.2 Å². The summed E-state index contributed by atoms with van der Waals surface area (Å²) in [5, 5.41) is 14.3. The van der Waals surface area contributed by atoms with E-state index in [2.05, 4.69) is 10.2 Å². The van der Waals surface area contributed by atoms with Gasteiger partial charge in [-0.2, -0.15) is 0 Å². The molecule has 0 aromatic carbocycles. The lowest BCUT2D eigenvalue weighted by Crippen LogP contribution is -2.28. The third kappa shape index (κ3) is 3.18. The molecule has 0 amide bonds. The van der Waals surface area contributed by atoms with E-state index in [0.717, 1.165) is 0 Å². The van der Waals surface area contributed by atoms with Gasteiger partial charge in [0.2, 0.25) is 5.43 Å². The van der Waals surface area contributed by atoms with Crippen molar-refractivity contribution in [2.24, 2.45) is 0 Å². The average Bonchev–Trinajstić information content (AvgIpc) is 2.06. The van der Waals surface area contributed by atoms with E-state index < -0.39 is 16.6 Å². The smallest absolute Gasteiger partial charge is 0.310 e. The molecule has 0 fully saturated rings. The maximum absolute atomic E-state index is 10.9. The summed E-state index contributed by atoms with van der Waals surface area (Å²) in [4.78, 5) is 21.7. The van der Waals surface area contributed by atoms with Crippen LogP contribution in [0.25, 0.3) is 0 Å². The molecule has 0 aliphatic rings. The second kappa shape index (κ2) is 3.79. The summed E-state index contributed by atoms with van der Waals surface area (Å²) in [5.74, 6) is 0. The Labute approximate surface area is 80.8 Å². The molecule has 1 aromatic heterocycles. The Hall–Kier alpha value is -1.36. The predicted octanol–water partition coefficient (Wildman–Crippen LogP) is -0.233. The standard InChI is InChI=1S/C9H14N2O3/c1-9(2,14)4-3-6-5-7(12)8(13)11-10-6/h5,14H,3-4H2,1-2H3,(H,10,12)(H,11,13). The Morgan fingerprint density at radius 3 is 2.50 bits per heavy atom. The minimum absolute atomic E-state index is 0.523. The molecule has 0 aliphatic heterocycles. The maximum Gasteiger partial charge on any atom is 0.310 e. The highest BCUT2D eigenvalue weighted by molar-refractivity contribution is 5.00. The first-order valence-electron chi connectivity index (χ1n) is 4.42. The number of H-pyrrole nitrogens is 2. The largest absolute Gasteiger partial charge is 0.390 e. The van der Waals surface area contributed by atoms with Crippen molar-refractivity contribution in [1.29, 1.82) is 0 Å². The molecule has 1 heterocycles. The Balaban J connectivity index is 2.75. The van der Waals surface area contributed by atoms with Gasteiger partial charge in [0.1, 0.15) is 0 Å². The molecule has 0 bridgehead atoms. The second-order valence-corrected chi connectivity index (χ2v) is 3.93. The summed E-state index contributed by atoms with van der Waals surface area (Å²) in [6, 6.07) is 1.25. The van der Waals surface area contributed by atoms with Gasteiger partial charge in [-0.3, -0.25) is 14.7 Å². The summed E-state index contributed by atoms with van der Waals surface area (Å²) in [6.45, 7) is 3.38. The first kappa shape index (κ1) is 10.7. The van der Waals surface area contributed by atoms with Crippen LogP contribution in [-0.2, 0) is 6.42 Å². The summed E-state index contributed by atoms with van der Waals surface area (Å²) in [5.41, 5.74) is -1.37. The monoisotopic (exact) mass is 198 g/mol. The van der Waals surface area contributed by atoms with Crippen LogP contribution in [0.1, 0.15) is 26.0 Å². The van der Waals surface area contributed by atoms with Crippen molar-refractivity contribution >= 4 is 0 Å². The van der Waals surface area contributed by atoms with Gasteiger partial charge in [-0.05, 0) is 26.7 Å². The minimum Gasteiger partial charge on any atom is -0.390 e. The van der Waals surface area contributed by atoms with Crippen LogP contribution in [0.15, 0.2) is 15.7 Å². The molecular weight excluding hydrogens is 184 g/mol. The predicted molar refractivity (Wildman–Crippen MR) is 52.3 cm³/mol. The van der Waals surface area contributed by atoms with Crippen LogP contribution in [-0.4, -0.2) is 20.9 Å². The van der Waals surface area contributed by atoms with Crippen LogP contribution >= 0.6 is 0 Å². The van der Waals surface area contributed by atoms with Crippen LogP contribution in [0, 0.1) is 0 Å². The normalized spacial score (nSPS) is 11.6. The molecule has 0 saturated heterocycles. The zero-order valence-corrected chi connectivity index (χ0v) is 8.26. The van der Waals surface area contributed by atoms with E-state index in [9.17, 15) is 14.7 Å². The molecule has 5 nitrogen and oxygen atoms in total. The van der Waals surface area contributed by atoms with E-state index in [-0.39, 0.29) is 0 Å². The molecular formula is C9H14N2O3. The van der Waals surface area contributed by atoms with Gasteiger partial charge in [-0.15, -0.1) is 0 Å². The molecule has 0 unspecified atom stereocenters. The number of hydrogen-bond acceptors (Lipinski definition) is 3. The van der Waals surface area contributed by atoms with Crippen LogP contribution in [0.5, 0.6) is 0 Å². The quantitative estimate of drug-likeness (QED) is 0.586. The van der Waals surface area contributed by atoms with Gasteiger partial charge in [-0.25, -0.2) is 0 Å². The number of rotatable bonds is 3. The lowest BCUT2D eigenvalue weighted by Gasteiger charge is -2.16. The number of nitrogens with one attached hydrogen (secondary N) is 2. The van der Waals surface area contributed by atoms with E-state index in [1.165, 1.54) is 6.07 Å². The van der Waals surface area contributed by atoms with Crippen LogP contribution in [0.2, 0.25) is 0 Å². The van der Waals surface area contributed by atoms with Gasteiger partial charge in [0, 0.05) is 11.8 Å². The van der Waals surface area contributed by atoms with E-state index in [1.807, 2.05) is 0 Å². The number of aromatic amines is 2. The Kier molecular flexibility index (Phi) is 2.90. The lowest BCUT2D eigenvalue weighted by atomic mass is 10.0. The Bertz CT molecular complexity index is 411. The fourth-order valence-corrected chi connectivity index (χ4v) is 1.03. The van der Waals surface area contributed by atoms with Crippen LogP contribution in [0.3, 0.4) is 0 Å². The molecule has 0 spiro atoms. The molecule has 0 saturated carbocycles. The van der Waals surface area contributed by atoms with E-state index >= 15 is 0 Å². The first-order chi connectivity index (χ1) is 6.38. The Morgan fingerprint density at radius 1 is 1.36 bits per heavy atom. The van der Waals surface area contributed by atoms with Crippen LogP contribution in [0.4, 0.5) is 0 Å². The zero-order valence-electron chi connectivity index (χ0n) is 8.26. The van der Waals surface area contributed by atoms with Gasteiger partial charge in [0.25, 0.3) is 0 Å². The molecule has 1 rings (SSSR count). The number of aryl methyl sites for hydroxylation is 1. The number of aromatic nitrogens is 2. The summed E-state index contributed by atoms with van der Waals surface area (Å²) in [6.07, 6.45) is 1.05. The summed E-state index contributed by atoms with van der Waals surface area (Å²) >= 11 is 0. The average molecular weight is 198 g/mol. The molecule has 0 atom stereocenters. The van der Waals surface area contributed by atoms with Gasteiger partial charge in [0.05, 0.1) is 5.60 Å². The molecule has 78 valence electrons. The fraction of sp³-hybridized carbons (Fsp3) is 0.556. The van der Waals surface area contributed by atoms with E-state index in [1.54, 1.807) is 13.8 Å². The molecule has 0 radical (unpaired) electrons. The van der Waals surface area contributed by atoms with Crippen molar-refractivity contribution in [2.75, 3.05) is 0 Å². The van der Waals surface area contributed by atoms with Crippen molar-refractivity contribution in [3.8, 4) is 0 Å². The van der Waals surface area contributed by atoms with Gasteiger partial charge >= 0.3 is 5.56 Å². The molecule has 5 heteroatoms. The fourth-order valence-electron chi connectivity index (χ4n) is 1.03. The van der Waals surface area contributed by atoms with Gasteiger partial charge in [0.15, 0.2) is 0 Å². The Morgan fingerprint density at radius 2 is 2.00 bits per heavy atom. The molecule has 14 heavy (non-hydrogen) atoms. The van der Waals surface area contributed by atoms with Crippen molar-refractivity contribution in [2.45, 2.75) is 32.3 Å². The third-order valence-corrected chi connectivity index (χ3v) is 1.87. The number of hydrogen-bond donors (Lipinski definition) is 3. The van der Waals surface area contributed by atoms with Gasteiger partial charge < -0.3 is 10.2 Å². The summed E-state index contributed by atoms with van der Waals surface area (Å²) < 4.78 is 0. The van der Waals surface area contributed by atoms with Crippen LogP contribution < -0.4 is 11.0 Å². The SMILES string of the molecule is CC(C)(O)CCc1cc(=O)c(=O)[nH][nH]1. The third-order valence-electron chi connectivity index (χ3n) is 1.87. The minimum atomic E-state index is -0.771. The molecule has 3 N–H and O–H groups in total. The van der Waals surface area contributed by atoms with Crippen molar-refractivity contribution in [3.63, 3.8) is 0 Å². The topological polar surface area (TPSA) is 85.9 Å². The molecule has 1 aromatic rings. The second-order valence-electron chi connectivity index (χ2n) is 3.93. The maximum atomic E-state index is 10.9. The highest BCUT2D eigenvalue weighted by atomic mass is 16.3. The molecule has 0 aliphatic carbocycles. The van der Waals surface area contributed by atoms with Gasteiger partial charge in [-0.1, -0.05) is 0 Å². The first-order valence-corrected chi connectivity index (χ1v) is 4.42. The van der Waals surface area contributed by atoms with Crippen molar-refractivity contribution in [3.05, 3.63) is 32.3 Å². The van der Waals surface area contributed by atoms with E-state index in [0.29, 0.717) is 18.5 Å². The number of aliphatic hydroxyl groups is 1. The zero-order chi connectivity index (χ0) is 10.8. The summed E-state index contributed by atoms with van der Waals surface area (Å²) in [7, 11) is 0. The lowest BCUT2D eigenvalue weighted by molar-refractivity contribution is 0.0710. The highest BCUT2D eigenvalue weighted by Gasteiger charge is 2.12. The van der Waals surface area contributed by atoms with E-state index in [4.69, 9.17) is 0 Å². The van der Waals surface area contributed by atoms with Crippen molar-refractivity contribution < 1.29 is 5.11 Å².